The largest absolute Gasteiger partial charge is 0.119 e. The fourth-order valence-electron chi connectivity index (χ4n) is 7.31. The average Bonchev–Trinajstić information content (AvgIpc) is 3.21. The monoisotopic (exact) mass is 686 g/mol. The van der Waals surface area contributed by atoms with E-state index in [4.69, 9.17) is 6.42 Å². The molecule has 0 aromatic heterocycles. The molecule has 6 rings (SSSR count). The van der Waals surface area contributed by atoms with Crippen molar-refractivity contribution in [2.75, 3.05) is 0 Å². The molecule has 0 N–H and O–H groups in total. The minimum absolute atomic E-state index is 0.148. The van der Waals surface area contributed by atoms with Crippen LogP contribution in [0.5, 0.6) is 0 Å². The second-order valence-electron chi connectivity index (χ2n) is 13.9. The number of hydrogen-bond donors (Lipinski definition) is 0. The van der Waals surface area contributed by atoms with Gasteiger partial charge in [-0.15, -0.1) is 6.42 Å². The normalized spacial score (nSPS) is 14.9. The molecule has 0 heteroatoms. The van der Waals surface area contributed by atoms with Gasteiger partial charge in [0.15, 0.2) is 0 Å². The third-order valence-corrected chi connectivity index (χ3v) is 10.4. The van der Waals surface area contributed by atoms with Crippen molar-refractivity contribution in [1.29, 1.82) is 0 Å². The van der Waals surface area contributed by atoms with Gasteiger partial charge in [-0.1, -0.05) is 171 Å². The second-order valence-corrected chi connectivity index (χ2v) is 13.9. The topological polar surface area (TPSA) is 0 Å². The van der Waals surface area contributed by atoms with Crippen LogP contribution in [0.25, 0.3) is 39.0 Å². The van der Waals surface area contributed by atoms with Gasteiger partial charge in [-0.05, 0) is 137 Å². The molecule has 0 heterocycles. The third kappa shape index (κ3) is 8.77. The van der Waals surface area contributed by atoms with E-state index in [0.29, 0.717) is 0 Å². The first kappa shape index (κ1) is 36.9. The van der Waals surface area contributed by atoms with Gasteiger partial charge in [0, 0.05) is 0 Å². The Balaban J connectivity index is 1.44. The second kappa shape index (κ2) is 17.5. The lowest BCUT2D eigenvalue weighted by Crippen LogP contribution is -2.01. The summed E-state index contributed by atoms with van der Waals surface area (Å²) in [5, 5.41) is 0. The van der Waals surface area contributed by atoms with Gasteiger partial charge >= 0.3 is 0 Å². The molecule has 262 valence electrons. The van der Waals surface area contributed by atoms with Crippen LogP contribution in [0, 0.1) is 32.1 Å². The molecule has 5 aromatic carbocycles. The fourth-order valence-corrected chi connectivity index (χ4v) is 7.31. The van der Waals surface area contributed by atoms with E-state index in [9.17, 15) is 0 Å². The van der Waals surface area contributed by atoms with Crippen molar-refractivity contribution in [3.8, 4) is 34.6 Å². The summed E-state index contributed by atoms with van der Waals surface area (Å²) in [5.74, 6) is 3.07. The lowest BCUT2D eigenvalue weighted by molar-refractivity contribution is 0.969. The van der Waals surface area contributed by atoms with E-state index in [1.165, 1.54) is 66.8 Å². The van der Waals surface area contributed by atoms with Crippen LogP contribution in [0.2, 0.25) is 0 Å². The van der Waals surface area contributed by atoms with Gasteiger partial charge in [0.05, 0.1) is 5.92 Å². The van der Waals surface area contributed by atoms with Gasteiger partial charge in [0.1, 0.15) is 0 Å². The lowest BCUT2D eigenvalue weighted by atomic mass is 9.85. The van der Waals surface area contributed by atoms with Crippen LogP contribution >= 0.6 is 0 Å². The predicted octanol–water partition coefficient (Wildman–Crippen LogP) is 14.4. The average molecular weight is 687 g/mol. The first-order chi connectivity index (χ1) is 25.9. The number of allylic oxidation sites excluding steroid dienone is 12. The van der Waals surface area contributed by atoms with Crippen molar-refractivity contribution in [2.24, 2.45) is 5.92 Å². The van der Waals surface area contributed by atoms with Gasteiger partial charge in [-0.25, -0.2) is 0 Å². The molecule has 0 aliphatic heterocycles. The number of aryl methyl sites for hydroxylation is 2. The molecule has 0 bridgehead atoms. The number of hydrogen-bond acceptors (Lipinski definition) is 0. The zero-order valence-electron chi connectivity index (χ0n) is 31.8. The molecule has 0 fully saturated rings. The van der Waals surface area contributed by atoms with Crippen LogP contribution in [0.15, 0.2) is 176 Å². The summed E-state index contributed by atoms with van der Waals surface area (Å²) >= 11 is 0. The molecule has 0 radical (unpaired) electrons. The molecule has 2 unspecified atom stereocenters. The van der Waals surface area contributed by atoms with Crippen LogP contribution in [-0.4, -0.2) is 0 Å². The van der Waals surface area contributed by atoms with Crippen LogP contribution in [-0.2, 0) is 0 Å². The third-order valence-electron chi connectivity index (χ3n) is 10.4. The van der Waals surface area contributed by atoms with Gasteiger partial charge in [-0.2, -0.15) is 0 Å². The molecular formula is C53H50. The summed E-state index contributed by atoms with van der Waals surface area (Å²) in [5.41, 5.74) is 17.1. The Labute approximate surface area is 318 Å². The molecule has 53 heavy (non-hydrogen) atoms. The van der Waals surface area contributed by atoms with Crippen molar-refractivity contribution in [3.63, 3.8) is 0 Å². The highest BCUT2D eigenvalue weighted by Crippen LogP contribution is 2.37. The highest BCUT2D eigenvalue weighted by Gasteiger charge is 2.17. The number of terminal acetylenes is 1. The van der Waals surface area contributed by atoms with Crippen molar-refractivity contribution >= 4 is 16.7 Å². The molecule has 0 saturated carbocycles. The SMILES string of the molecule is C#CC(\C=C/C(=C\C)C(=C/C(C)c1cccc(-c2ccccc2)c1)/c1cc(-c2cccc(C3=CCCC=C3)c2)ccc1C)/C(=C/C)c1ccccc1C. The summed E-state index contributed by atoms with van der Waals surface area (Å²) < 4.78 is 0. The van der Waals surface area contributed by atoms with E-state index in [-0.39, 0.29) is 11.8 Å². The smallest absolute Gasteiger partial charge is 0.0636 e. The molecular weight excluding hydrogens is 637 g/mol. The molecule has 5 aromatic rings. The fraction of sp³-hybridized carbons (Fsp3) is 0.170. The summed E-state index contributed by atoms with van der Waals surface area (Å²) in [6, 6.07) is 43.9. The maximum atomic E-state index is 6.26. The molecule has 2 atom stereocenters. The highest BCUT2D eigenvalue weighted by atomic mass is 14.2. The van der Waals surface area contributed by atoms with E-state index in [2.05, 4.69) is 210 Å². The maximum Gasteiger partial charge on any atom is 0.0636 e. The standard InChI is InChI=1S/C53H50/c1-7-41(50(9-3)51-29-17-16-20-38(51)4)32-33-42(8-2)53(34-40(6)45-25-18-26-46(35-45)43-21-12-10-13-22-43)52-37-49(31-30-39(52)5)48-28-19-27-47(36-48)44-23-14-11-15-24-44/h1,8-10,12-14,16-37,40-41H,11,15H2,2-6H3/b33-32-,42-8+,50-9-,53-34-. The zero-order valence-corrected chi connectivity index (χ0v) is 31.8. The molecule has 0 spiro atoms. The van der Waals surface area contributed by atoms with Crippen molar-refractivity contribution in [3.05, 3.63) is 209 Å². The van der Waals surface area contributed by atoms with Gasteiger partial charge in [-0.3, -0.25) is 0 Å². The summed E-state index contributed by atoms with van der Waals surface area (Å²) in [6.07, 6.45) is 26.6. The minimum atomic E-state index is -0.171. The summed E-state index contributed by atoms with van der Waals surface area (Å²) in [4.78, 5) is 0. The Kier molecular flexibility index (Phi) is 12.2. The molecule has 0 amide bonds. The quantitative estimate of drug-likeness (QED) is 0.0958. The molecule has 0 nitrogen and oxygen atoms in total. The number of benzene rings is 5. The Morgan fingerprint density at radius 1 is 0.660 bits per heavy atom. The lowest BCUT2D eigenvalue weighted by Gasteiger charge is -2.19. The van der Waals surface area contributed by atoms with E-state index in [1.54, 1.807) is 0 Å². The van der Waals surface area contributed by atoms with Crippen LogP contribution in [0.4, 0.5) is 0 Å². The Morgan fingerprint density at radius 3 is 2.06 bits per heavy atom. The first-order valence-electron chi connectivity index (χ1n) is 18.9. The van der Waals surface area contributed by atoms with Gasteiger partial charge in [0.25, 0.3) is 0 Å². The van der Waals surface area contributed by atoms with Crippen LogP contribution < -0.4 is 0 Å². The van der Waals surface area contributed by atoms with E-state index in [0.717, 1.165) is 24.0 Å². The van der Waals surface area contributed by atoms with Crippen LogP contribution in [0.1, 0.15) is 72.9 Å². The summed E-state index contributed by atoms with van der Waals surface area (Å²) in [6.45, 7) is 10.9. The van der Waals surface area contributed by atoms with E-state index < -0.39 is 0 Å². The minimum Gasteiger partial charge on any atom is -0.119 e. The molecule has 1 aliphatic carbocycles. The molecule has 1 aliphatic rings. The highest BCUT2D eigenvalue weighted by molar-refractivity contribution is 5.87. The van der Waals surface area contributed by atoms with Gasteiger partial charge < -0.3 is 0 Å². The summed E-state index contributed by atoms with van der Waals surface area (Å²) in [7, 11) is 0. The van der Waals surface area contributed by atoms with Crippen molar-refractivity contribution in [1.82, 2.24) is 0 Å². The van der Waals surface area contributed by atoms with Gasteiger partial charge in [0.2, 0.25) is 0 Å². The first-order valence-corrected chi connectivity index (χ1v) is 18.9. The van der Waals surface area contributed by atoms with E-state index in [1.807, 2.05) is 0 Å². The maximum absolute atomic E-state index is 6.26. The van der Waals surface area contributed by atoms with E-state index >= 15 is 0 Å². The Morgan fingerprint density at radius 2 is 1.34 bits per heavy atom. The van der Waals surface area contributed by atoms with Crippen molar-refractivity contribution in [2.45, 2.75) is 53.4 Å². The Bertz CT molecular complexity index is 2290. The van der Waals surface area contributed by atoms with Crippen molar-refractivity contribution < 1.29 is 0 Å². The number of rotatable bonds is 11. The van der Waals surface area contributed by atoms with Crippen LogP contribution in [0.3, 0.4) is 0 Å². The molecule has 0 saturated heterocycles. The zero-order chi connectivity index (χ0) is 37.2. The predicted molar refractivity (Wildman–Crippen MR) is 231 cm³/mol. The Hall–Kier alpha value is -5.90.